The molecule has 1 saturated carbocycles. The van der Waals surface area contributed by atoms with Gasteiger partial charge in [0.25, 0.3) is 0 Å². The Balaban J connectivity index is 1.73. The largest absolute Gasteiger partial charge is 0.375 e. The molecule has 1 aromatic heterocycles. The molecule has 2 fully saturated rings. The number of nitrogens with zero attached hydrogens (tertiary/aromatic N) is 2. The van der Waals surface area contributed by atoms with Crippen molar-refractivity contribution in [1.29, 1.82) is 0 Å². The van der Waals surface area contributed by atoms with E-state index in [9.17, 15) is 0 Å². The molecule has 17 heavy (non-hydrogen) atoms. The number of anilines is 1. The molecule has 94 valence electrons. The summed E-state index contributed by atoms with van der Waals surface area (Å²) in [5, 5.41) is 0.705. The molecule has 0 atom stereocenters. The minimum atomic E-state index is 0.525. The molecule has 2 aliphatic rings. The molecule has 1 aliphatic carbocycles. The van der Waals surface area contributed by atoms with Crippen LogP contribution in [0.15, 0.2) is 6.20 Å². The highest BCUT2D eigenvalue weighted by molar-refractivity contribution is 7.15. The monoisotopic (exact) mass is 251 g/mol. The summed E-state index contributed by atoms with van der Waals surface area (Å²) in [7, 11) is 0. The van der Waals surface area contributed by atoms with Crippen molar-refractivity contribution in [2.24, 2.45) is 0 Å². The molecular formula is C13H21N3S. The third-order valence-corrected chi connectivity index (χ3v) is 5.25. The van der Waals surface area contributed by atoms with Gasteiger partial charge >= 0.3 is 0 Å². The summed E-state index contributed by atoms with van der Waals surface area (Å²) in [5.74, 6) is 0. The van der Waals surface area contributed by atoms with Crippen LogP contribution >= 0.6 is 11.3 Å². The number of hydrogen-bond acceptors (Lipinski definition) is 4. The van der Waals surface area contributed by atoms with Crippen LogP contribution in [0.25, 0.3) is 0 Å². The quantitative estimate of drug-likeness (QED) is 0.878. The molecule has 1 aliphatic heterocycles. The Morgan fingerprint density at radius 3 is 2.71 bits per heavy atom. The van der Waals surface area contributed by atoms with Crippen LogP contribution in [-0.2, 0) is 6.54 Å². The van der Waals surface area contributed by atoms with Crippen LogP contribution in [0.3, 0.4) is 0 Å². The van der Waals surface area contributed by atoms with Gasteiger partial charge in [-0.25, -0.2) is 4.98 Å². The van der Waals surface area contributed by atoms with Gasteiger partial charge in [0.05, 0.1) is 0 Å². The maximum Gasteiger partial charge on any atom is 0.180 e. The topological polar surface area (TPSA) is 42.1 Å². The van der Waals surface area contributed by atoms with Gasteiger partial charge in [0, 0.05) is 23.2 Å². The Morgan fingerprint density at radius 2 is 2.00 bits per heavy atom. The summed E-state index contributed by atoms with van der Waals surface area (Å²) >= 11 is 1.65. The molecule has 3 rings (SSSR count). The van der Waals surface area contributed by atoms with Gasteiger partial charge in [-0.2, -0.15) is 0 Å². The number of hydrogen-bond donors (Lipinski definition) is 1. The van der Waals surface area contributed by atoms with Gasteiger partial charge in [-0.05, 0) is 32.2 Å². The van der Waals surface area contributed by atoms with Gasteiger partial charge < -0.3 is 5.73 Å². The van der Waals surface area contributed by atoms with Gasteiger partial charge in [-0.3, -0.25) is 4.90 Å². The lowest BCUT2D eigenvalue weighted by Crippen LogP contribution is -2.44. The predicted octanol–water partition coefficient (Wildman–Crippen LogP) is 3.02. The summed E-state index contributed by atoms with van der Waals surface area (Å²) in [5.41, 5.74) is 6.24. The summed E-state index contributed by atoms with van der Waals surface area (Å²) in [6.07, 6.45) is 11.8. The van der Waals surface area contributed by atoms with Gasteiger partial charge in [-0.15, -0.1) is 11.3 Å². The normalized spacial score (nSPS) is 24.5. The number of aromatic nitrogens is 1. The van der Waals surface area contributed by atoms with E-state index in [2.05, 4.69) is 9.88 Å². The molecule has 0 radical (unpaired) electrons. The second-order valence-corrected chi connectivity index (χ2v) is 6.62. The zero-order chi connectivity index (χ0) is 11.7. The van der Waals surface area contributed by atoms with Crippen molar-refractivity contribution >= 4 is 16.5 Å². The first-order chi connectivity index (χ1) is 8.28. The molecular weight excluding hydrogens is 230 g/mol. The van der Waals surface area contributed by atoms with Crippen LogP contribution in [0.2, 0.25) is 0 Å². The van der Waals surface area contributed by atoms with E-state index in [-0.39, 0.29) is 0 Å². The maximum atomic E-state index is 5.71. The number of rotatable bonds is 2. The molecule has 0 amide bonds. The van der Waals surface area contributed by atoms with Crippen LogP contribution < -0.4 is 5.73 Å². The Labute approximate surface area is 107 Å². The van der Waals surface area contributed by atoms with E-state index in [0.717, 1.165) is 6.54 Å². The average Bonchev–Trinajstić information content (AvgIpc) is 2.90. The highest BCUT2D eigenvalue weighted by Crippen LogP contribution is 2.42. The van der Waals surface area contributed by atoms with E-state index in [4.69, 9.17) is 5.73 Å². The first-order valence-corrected chi connectivity index (χ1v) is 7.55. The van der Waals surface area contributed by atoms with E-state index < -0.39 is 0 Å². The van der Waals surface area contributed by atoms with Crippen molar-refractivity contribution in [2.45, 2.75) is 57.0 Å². The molecule has 0 unspecified atom stereocenters. The second kappa shape index (κ2) is 4.58. The van der Waals surface area contributed by atoms with Crippen LogP contribution in [0.1, 0.15) is 49.8 Å². The number of likely N-dealkylation sites (tertiary alicyclic amines) is 1. The molecule has 1 saturated heterocycles. The second-order valence-electron chi connectivity index (χ2n) is 5.47. The third kappa shape index (κ3) is 2.20. The average molecular weight is 251 g/mol. The molecule has 0 aromatic carbocycles. The Morgan fingerprint density at radius 1 is 1.24 bits per heavy atom. The maximum absolute atomic E-state index is 5.71. The molecule has 1 aromatic rings. The summed E-state index contributed by atoms with van der Waals surface area (Å²) in [6, 6.07) is 0. The van der Waals surface area contributed by atoms with Gasteiger partial charge in [0.15, 0.2) is 5.13 Å². The van der Waals surface area contributed by atoms with Crippen LogP contribution in [0.4, 0.5) is 5.13 Å². The van der Waals surface area contributed by atoms with Gasteiger partial charge in [0.1, 0.15) is 0 Å². The number of nitrogens with two attached hydrogens (primary N) is 1. The van der Waals surface area contributed by atoms with Crippen LogP contribution in [-0.4, -0.2) is 22.0 Å². The van der Waals surface area contributed by atoms with E-state index in [0.29, 0.717) is 10.7 Å². The molecule has 2 N–H and O–H groups in total. The highest BCUT2D eigenvalue weighted by Gasteiger charge is 2.41. The predicted molar refractivity (Wildman–Crippen MR) is 72.0 cm³/mol. The van der Waals surface area contributed by atoms with Crippen LogP contribution in [0, 0.1) is 0 Å². The van der Waals surface area contributed by atoms with Crippen molar-refractivity contribution in [3.63, 3.8) is 0 Å². The first kappa shape index (κ1) is 11.5. The minimum absolute atomic E-state index is 0.525. The lowest BCUT2D eigenvalue weighted by atomic mass is 9.80. The van der Waals surface area contributed by atoms with Crippen molar-refractivity contribution in [3.05, 3.63) is 11.1 Å². The lowest BCUT2D eigenvalue weighted by Gasteiger charge is -2.41. The van der Waals surface area contributed by atoms with Crippen molar-refractivity contribution in [3.8, 4) is 0 Å². The number of thiazole rings is 1. The first-order valence-electron chi connectivity index (χ1n) is 6.74. The standard InChI is InChI=1S/C13H21N3S/c14-12-15-9-11(17-12)10-16-8-4-7-13(16)5-2-1-3-6-13/h9H,1-8,10H2,(H2,14,15). The fourth-order valence-corrected chi connectivity index (χ4v) is 4.30. The summed E-state index contributed by atoms with van der Waals surface area (Å²) in [6.45, 7) is 2.33. The van der Waals surface area contributed by atoms with E-state index in [1.807, 2.05) is 6.20 Å². The zero-order valence-electron chi connectivity index (χ0n) is 10.3. The fourth-order valence-electron chi connectivity index (χ4n) is 3.60. The third-order valence-electron chi connectivity index (χ3n) is 4.44. The Bertz CT molecular complexity index is 382. The smallest absolute Gasteiger partial charge is 0.180 e. The lowest BCUT2D eigenvalue weighted by molar-refractivity contribution is 0.0868. The van der Waals surface area contributed by atoms with E-state index in [1.165, 1.54) is 56.4 Å². The van der Waals surface area contributed by atoms with Gasteiger partial charge in [0.2, 0.25) is 0 Å². The van der Waals surface area contributed by atoms with E-state index >= 15 is 0 Å². The van der Waals surface area contributed by atoms with E-state index in [1.54, 1.807) is 11.3 Å². The molecule has 2 heterocycles. The summed E-state index contributed by atoms with van der Waals surface area (Å²) in [4.78, 5) is 8.20. The molecule has 1 spiro atoms. The molecule has 3 nitrogen and oxygen atoms in total. The number of nitrogen functional groups attached to an aromatic ring is 1. The summed E-state index contributed by atoms with van der Waals surface area (Å²) < 4.78 is 0. The zero-order valence-corrected chi connectivity index (χ0v) is 11.1. The van der Waals surface area contributed by atoms with Crippen molar-refractivity contribution < 1.29 is 0 Å². The van der Waals surface area contributed by atoms with Crippen molar-refractivity contribution in [2.75, 3.05) is 12.3 Å². The van der Waals surface area contributed by atoms with Gasteiger partial charge in [-0.1, -0.05) is 19.3 Å². The minimum Gasteiger partial charge on any atom is -0.375 e. The van der Waals surface area contributed by atoms with Crippen molar-refractivity contribution in [1.82, 2.24) is 9.88 Å². The Hall–Kier alpha value is -0.610. The molecule has 4 heteroatoms. The SMILES string of the molecule is Nc1ncc(CN2CCCC23CCCCC3)s1. The highest BCUT2D eigenvalue weighted by atomic mass is 32.1. The Kier molecular flexibility index (Phi) is 3.09. The van der Waals surface area contributed by atoms with Crippen LogP contribution in [0.5, 0.6) is 0 Å². The molecule has 0 bridgehead atoms. The fraction of sp³-hybridized carbons (Fsp3) is 0.769.